The van der Waals surface area contributed by atoms with E-state index < -0.39 is 0 Å². The number of fused-ring (bicyclic) bond motifs is 1. The molecule has 0 radical (unpaired) electrons. The highest BCUT2D eigenvalue weighted by atomic mass is 15.5. The first-order valence-corrected chi connectivity index (χ1v) is 9.53. The molecule has 4 rings (SSSR count). The first kappa shape index (κ1) is 17.5. The van der Waals surface area contributed by atoms with Gasteiger partial charge in [-0.1, -0.05) is 54.6 Å². The molecule has 3 aromatic rings. The van der Waals surface area contributed by atoms with Gasteiger partial charge in [-0.3, -0.25) is 10.4 Å². The summed E-state index contributed by atoms with van der Waals surface area (Å²) in [7, 11) is 0. The van der Waals surface area contributed by atoms with Gasteiger partial charge in [0, 0.05) is 11.3 Å². The number of hydrogen-bond acceptors (Lipinski definition) is 3. The van der Waals surface area contributed by atoms with Crippen LogP contribution in [0.25, 0.3) is 0 Å². The van der Waals surface area contributed by atoms with E-state index in [9.17, 15) is 0 Å². The molecule has 0 aromatic heterocycles. The van der Waals surface area contributed by atoms with Crippen LogP contribution in [0.15, 0.2) is 84.9 Å². The third-order valence-corrected chi connectivity index (χ3v) is 5.34. The maximum atomic E-state index is 3.80. The molecule has 3 nitrogen and oxygen atoms in total. The Bertz CT molecular complexity index is 905. The minimum absolute atomic E-state index is 0.0826. The lowest BCUT2D eigenvalue weighted by atomic mass is 9.75. The molecule has 1 heterocycles. The Balaban J connectivity index is 1.75. The van der Waals surface area contributed by atoms with Gasteiger partial charge in [0.15, 0.2) is 0 Å². The Morgan fingerprint density at radius 3 is 1.93 bits per heavy atom. The second kappa shape index (κ2) is 6.66. The molecule has 3 aromatic carbocycles. The van der Waals surface area contributed by atoms with Gasteiger partial charge in [0.1, 0.15) is 0 Å². The Morgan fingerprint density at radius 1 is 0.704 bits per heavy atom. The Hall–Kier alpha value is -2.94. The maximum absolute atomic E-state index is 3.80. The molecule has 1 aliphatic rings. The molecule has 138 valence electrons. The van der Waals surface area contributed by atoms with E-state index in [4.69, 9.17) is 0 Å². The first-order valence-electron chi connectivity index (χ1n) is 9.53. The zero-order valence-electron chi connectivity index (χ0n) is 16.2. The standard InChI is InChI=1S/C24H27N3/c1-23(2)18-24(3,25-19-12-6-4-7-13-19)21-16-10-11-17-22(21)27(23)26-20-14-8-5-9-15-20/h4-17,25-26H,18H2,1-3H3. The summed E-state index contributed by atoms with van der Waals surface area (Å²) in [6.45, 7) is 6.90. The smallest absolute Gasteiger partial charge is 0.0641 e. The molecule has 1 aliphatic heterocycles. The highest BCUT2D eigenvalue weighted by molar-refractivity contribution is 5.67. The third-order valence-electron chi connectivity index (χ3n) is 5.34. The van der Waals surface area contributed by atoms with Crippen molar-refractivity contribution in [2.24, 2.45) is 0 Å². The molecule has 1 unspecified atom stereocenters. The van der Waals surface area contributed by atoms with Crippen LogP contribution in [0.1, 0.15) is 32.8 Å². The summed E-state index contributed by atoms with van der Waals surface area (Å²) in [6, 6.07) is 29.5. The molecule has 1 atom stereocenters. The fourth-order valence-corrected chi connectivity index (χ4v) is 4.31. The van der Waals surface area contributed by atoms with Crippen LogP contribution in [0.4, 0.5) is 17.1 Å². The van der Waals surface area contributed by atoms with Gasteiger partial charge in [-0.15, -0.1) is 0 Å². The summed E-state index contributed by atoms with van der Waals surface area (Å²) in [6.07, 6.45) is 0.964. The fourth-order valence-electron chi connectivity index (χ4n) is 4.31. The summed E-state index contributed by atoms with van der Waals surface area (Å²) in [5, 5.41) is 6.11. The van der Waals surface area contributed by atoms with Crippen molar-refractivity contribution in [3.63, 3.8) is 0 Å². The third kappa shape index (κ3) is 3.37. The monoisotopic (exact) mass is 357 g/mol. The molecule has 27 heavy (non-hydrogen) atoms. The van der Waals surface area contributed by atoms with Gasteiger partial charge in [0.25, 0.3) is 0 Å². The Labute approximate surface area is 162 Å². The van der Waals surface area contributed by atoms with Crippen molar-refractivity contribution in [2.45, 2.75) is 38.3 Å². The molecule has 3 heteroatoms. The van der Waals surface area contributed by atoms with E-state index >= 15 is 0 Å². The summed E-state index contributed by atoms with van der Waals surface area (Å²) >= 11 is 0. The molecule has 0 amide bonds. The number of para-hydroxylation sites is 3. The number of benzene rings is 3. The lowest BCUT2D eigenvalue weighted by Crippen LogP contribution is -2.57. The summed E-state index contributed by atoms with van der Waals surface area (Å²) in [4.78, 5) is 0. The highest BCUT2D eigenvalue weighted by Gasteiger charge is 2.45. The minimum Gasteiger partial charge on any atom is -0.376 e. The summed E-state index contributed by atoms with van der Waals surface area (Å²) in [5.41, 5.74) is 8.15. The number of nitrogens with one attached hydrogen (secondary N) is 2. The number of anilines is 3. The van der Waals surface area contributed by atoms with Gasteiger partial charge < -0.3 is 5.32 Å². The summed E-state index contributed by atoms with van der Waals surface area (Å²) < 4.78 is 0. The summed E-state index contributed by atoms with van der Waals surface area (Å²) in [5.74, 6) is 0. The molecular formula is C24H27N3. The lowest BCUT2D eigenvalue weighted by Gasteiger charge is -2.52. The predicted octanol–water partition coefficient (Wildman–Crippen LogP) is 6.03. The topological polar surface area (TPSA) is 27.3 Å². The maximum Gasteiger partial charge on any atom is 0.0641 e. The van der Waals surface area contributed by atoms with E-state index in [0.717, 1.165) is 17.8 Å². The van der Waals surface area contributed by atoms with Crippen molar-refractivity contribution >= 4 is 17.1 Å². The molecule has 0 bridgehead atoms. The second-order valence-corrected chi connectivity index (χ2v) is 8.14. The Morgan fingerprint density at radius 2 is 1.26 bits per heavy atom. The molecule has 2 N–H and O–H groups in total. The Kier molecular flexibility index (Phi) is 4.31. The van der Waals surface area contributed by atoms with Crippen LogP contribution >= 0.6 is 0 Å². The largest absolute Gasteiger partial charge is 0.376 e. The van der Waals surface area contributed by atoms with Crippen LogP contribution in [0, 0.1) is 0 Å². The fraction of sp³-hybridized carbons (Fsp3) is 0.250. The SMILES string of the molecule is CC1(Nc2ccccc2)CC(C)(C)N(Nc2ccccc2)c2ccccc21. The van der Waals surface area contributed by atoms with Gasteiger partial charge in [-0.25, -0.2) is 0 Å². The average molecular weight is 358 g/mol. The number of hydrogen-bond donors (Lipinski definition) is 2. The van der Waals surface area contributed by atoms with Crippen molar-refractivity contribution in [2.75, 3.05) is 15.8 Å². The van der Waals surface area contributed by atoms with E-state index in [1.807, 2.05) is 6.07 Å². The van der Waals surface area contributed by atoms with Crippen LogP contribution in [0.5, 0.6) is 0 Å². The van der Waals surface area contributed by atoms with Gasteiger partial charge in [0.05, 0.1) is 22.5 Å². The second-order valence-electron chi connectivity index (χ2n) is 8.14. The van der Waals surface area contributed by atoms with Crippen LogP contribution in [-0.4, -0.2) is 5.54 Å². The van der Waals surface area contributed by atoms with Crippen molar-refractivity contribution in [3.8, 4) is 0 Å². The molecule has 0 aliphatic carbocycles. The molecule has 0 saturated heterocycles. The van der Waals surface area contributed by atoms with Gasteiger partial charge in [-0.05, 0) is 57.5 Å². The van der Waals surface area contributed by atoms with Crippen molar-refractivity contribution in [1.29, 1.82) is 0 Å². The van der Waals surface area contributed by atoms with Crippen molar-refractivity contribution in [3.05, 3.63) is 90.5 Å². The predicted molar refractivity (Wildman–Crippen MR) is 115 cm³/mol. The highest BCUT2D eigenvalue weighted by Crippen LogP contribution is 2.47. The minimum atomic E-state index is -0.156. The van der Waals surface area contributed by atoms with E-state index in [0.29, 0.717) is 0 Å². The molecule has 0 fully saturated rings. The molecule has 0 spiro atoms. The average Bonchev–Trinajstić information content (AvgIpc) is 2.66. The normalized spacial score (nSPS) is 20.6. The van der Waals surface area contributed by atoms with Crippen LogP contribution < -0.4 is 15.8 Å². The number of nitrogens with zero attached hydrogens (tertiary/aromatic N) is 1. The van der Waals surface area contributed by atoms with E-state index in [2.05, 4.69) is 115 Å². The zero-order valence-corrected chi connectivity index (χ0v) is 16.2. The van der Waals surface area contributed by atoms with E-state index in [1.165, 1.54) is 11.3 Å². The van der Waals surface area contributed by atoms with Crippen LogP contribution in [-0.2, 0) is 5.54 Å². The van der Waals surface area contributed by atoms with Gasteiger partial charge >= 0.3 is 0 Å². The van der Waals surface area contributed by atoms with Gasteiger partial charge in [0.2, 0.25) is 0 Å². The zero-order chi connectivity index (χ0) is 18.9. The lowest BCUT2D eigenvalue weighted by molar-refractivity contribution is 0.324. The van der Waals surface area contributed by atoms with Crippen molar-refractivity contribution in [1.82, 2.24) is 0 Å². The van der Waals surface area contributed by atoms with Crippen LogP contribution in [0.2, 0.25) is 0 Å². The van der Waals surface area contributed by atoms with E-state index in [-0.39, 0.29) is 11.1 Å². The molecule has 0 saturated carbocycles. The number of rotatable bonds is 4. The first-order chi connectivity index (χ1) is 13.0. The molecular weight excluding hydrogens is 330 g/mol. The van der Waals surface area contributed by atoms with E-state index in [1.54, 1.807) is 0 Å². The number of hydrazine groups is 1. The van der Waals surface area contributed by atoms with Crippen LogP contribution in [0.3, 0.4) is 0 Å². The quantitative estimate of drug-likeness (QED) is 0.597. The van der Waals surface area contributed by atoms with Crippen molar-refractivity contribution < 1.29 is 0 Å². The van der Waals surface area contributed by atoms with Gasteiger partial charge in [-0.2, -0.15) is 0 Å².